The summed E-state index contributed by atoms with van der Waals surface area (Å²) in [6.45, 7) is 7.57. The van der Waals surface area contributed by atoms with Crippen molar-refractivity contribution in [3.05, 3.63) is 0 Å². The summed E-state index contributed by atoms with van der Waals surface area (Å²) in [5.41, 5.74) is -1.34. The molecule has 0 radical (unpaired) electrons. The Morgan fingerprint density at radius 1 is 1.32 bits per heavy atom. The minimum atomic E-state index is -2.90. The molecule has 7 nitrogen and oxygen atoms in total. The molecular weight excluding hydrogens is 308 g/mol. The van der Waals surface area contributed by atoms with Crippen molar-refractivity contribution in [2.45, 2.75) is 43.9 Å². The number of hydrogen-bond donors (Lipinski definition) is 1. The van der Waals surface area contributed by atoms with Gasteiger partial charge in [0.1, 0.15) is 5.60 Å². The van der Waals surface area contributed by atoms with E-state index in [1.165, 1.54) is 0 Å². The van der Waals surface area contributed by atoms with E-state index in [1.54, 1.807) is 4.90 Å². The van der Waals surface area contributed by atoms with Crippen LogP contribution in [0.5, 0.6) is 0 Å². The van der Waals surface area contributed by atoms with Gasteiger partial charge in [0.25, 0.3) is 0 Å². The third kappa shape index (κ3) is 3.09. The lowest BCUT2D eigenvalue weighted by Gasteiger charge is -2.49. The number of ether oxygens (including phenoxy) is 2. The highest BCUT2D eigenvalue weighted by Crippen LogP contribution is 2.35. The van der Waals surface area contributed by atoms with Gasteiger partial charge in [-0.1, -0.05) is 0 Å². The Hall–Kier alpha value is -0.860. The van der Waals surface area contributed by atoms with E-state index in [0.717, 1.165) is 6.42 Å². The normalized spacial score (nSPS) is 33.0. The van der Waals surface area contributed by atoms with Crippen LogP contribution in [0.4, 0.5) is 4.79 Å². The van der Waals surface area contributed by atoms with Crippen molar-refractivity contribution >= 4 is 15.9 Å². The van der Waals surface area contributed by atoms with Crippen LogP contribution in [-0.4, -0.2) is 73.9 Å². The van der Waals surface area contributed by atoms with Crippen LogP contribution >= 0.6 is 0 Å². The van der Waals surface area contributed by atoms with Gasteiger partial charge in [-0.2, -0.15) is 0 Å². The number of nitrogens with zero attached hydrogens (tertiary/aromatic N) is 1. The van der Waals surface area contributed by atoms with Gasteiger partial charge in [-0.3, -0.25) is 0 Å². The third-order valence-electron chi connectivity index (χ3n) is 4.40. The first-order chi connectivity index (χ1) is 10.0. The summed E-state index contributed by atoms with van der Waals surface area (Å²) in [6, 6.07) is 0. The van der Waals surface area contributed by atoms with E-state index < -0.39 is 26.6 Å². The van der Waals surface area contributed by atoms with E-state index in [1.807, 2.05) is 20.8 Å². The average Bonchev–Trinajstić information content (AvgIpc) is 2.74. The molecule has 0 aromatic carbocycles. The van der Waals surface area contributed by atoms with Gasteiger partial charge < -0.3 is 19.7 Å². The smallest absolute Gasteiger partial charge is 0.410 e. The van der Waals surface area contributed by atoms with Gasteiger partial charge in [-0.05, 0) is 27.2 Å². The molecule has 22 heavy (non-hydrogen) atoms. The molecule has 3 fully saturated rings. The zero-order valence-corrected chi connectivity index (χ0v) is 14.2. The summed E-state index contributed by atoms with van der Waals surface area (Å²) in [7, 11) is -2.90. The highest BCUT2D eigenvalue weighted by atomic mass is 32.2. The van der Waals surface area contributed by atoms with Crippen LogP contribution in [0.15, 0.2) is 0 Å². The first-order valence-electron chi connectivity index (χ1n) is 7.60. The second-order valence-corrected chi connectivity index (χ2v) is 9.85. The van der Waals surface area contributed by atoms with E-state index >= 15 is 0 Å². The van der Waals surface area contributed by atoms with Crippen LogP contribution in [0.3, 0.4) is 0 Å². The summed E-state index contributed by atoms with van der Waals surface area (Å²) in [5.74, 6) is 0.289. The van der Waals surface area contributed by atoms with Gasteiger partial charge >= 0.3 is 6.09 Å². The molecule has 8 heteroatoms. The van der Waals surface area contributed by atoms with E-state index in [4.69, 9.17) is 9.47 Å². The van der Waals surface area contributed by atoms with Crippen LogP contribution in [0.1, 0.15) is 27.2 Å². The van der Waals surface area contributed by atoms with E-state index in [2.05, 4.69) is 5.32 Å². The van der Waals surface area contributed by atoms with Crippen LogP contribution < -0.4 is 5.32 Å². The summed E-state index contributed by atoms with van der Waals surface area (Å²) in [5, 5.41) is 3.35. The zero-order chi connectivity index (χ0) is 16.2. The van der Waals surface area contributed by atoms with Crippen molar-refractivity contribution in [3.63, 3.8) is 0 Å². The van der Waals surface area contributed by atoms with E-state index in [9.17, 15) is 13.2 Å². The Labute approximate surface area is 131 Å². The summed E-state index contributed by atoms with van der Waals surface area (Å²) < 4.78 is 34.2. The number of carbonyl (C=O) groups excluding carboxylic acids is 1. The van der Waals surface area contributed by atoms with Gasteiger partial charge in [0.05, 0.1) is 35.8 Å². The van der Waals surface area contributed by atoms with Gasteiger partial charge in [-0.15, -0.1) is 0 Å². The molecule has 0 unspecified atom stereocenters. The maximum atomic E-state index is 12.1. The Kier molecular flexibility index (Phi) is 3.51. The molecule has 0 aromatic heterocycles. The quantitative estimate of drug-likeness (QED) is 0.680. The molecule has 2 spiro atoms. The molecule has 1 amide bonds. The predicted molar refractivity (Wildman–Crippen MR) is 80.5 cm³/mol. The largest absolute Gasteiger partial charge is 0.444 e. The molecule has 3 aliphatic rings. The van der Waals surface area contributed by atoms with Crippen LogP contribution in [-0.2, 0) is 19.3 Å². The number of likely N-dealkylation sites (tertiary alicyclic amines) is 1. The monoisotopic (exact) mass is 332 g/mol. The maximum Gasteiger partial charge on any atom is 0.410 e. The Balaban J connectivity index is 1.56. The average molecular weight is 332 g/mol. The fourth-order valence-corrected chi connectivity index (χ4v) is 5.29. The fraction of sp³-hybridized carbons (Fsp3) is 0.929. The number of carbonyl (C=O) groups is 1. The molecule has 3 rings (SSSR count). The number of rotatable bonds is 0. The number of amides is 1. The number of sulfone groups is 1. The SMILES string of the molecule is CC(C)(C)OC(=O)N1CC[C@]2(CNC3(CO2)CS(=O)(=O)C3)C1. The van der Waals surface area contributed by atoms with E-state index in [-0.39, 0.29) is 17.6 Å². The van der Waals surface area contributed by atoms with Crippen molar-refractivity contribution in [1.29, 1.82) is 0 Å². The van der Waals surface area contributed by atoms with Crippen LogP contribution in [0.2, 0.25) is 0 Å². The molecule has 0 saturated carbocycles. The summed E-state index contributed by atoms with van der Waals surface area (Å²) in [4.78, 5) is 13.8. The molecule has 0 bridgehead atoms. The van der Waals surface area contributed by atoms with Gasteiger partial charge in [-0.25, -0.2) is 13.2 Å². The minimum Gasteiger partial charge on any atom is -0.444 e. The highest BCUT2D eigenvalue weighted by molar-refractivity contribution is 7.93. The van der Waals surface area contributed by atoms with Crippen molar-refractivity contribution in [2.24, 2.45) is 0 Å². The molecule has 0 aromatic rings. The van der Waals surface area contributed by atoms with Crippen LogP contribution in [0.25, 0.3) is 0 Å². The van der Waals surface area contributed by atoms with Crippen LogP contribution in [0, 0.1) is 0 Å². The third-order valence-corrected chi connectivity index (χ3v) is 6.39. The molecule has 0 aliphatic carbocycles. The maximum absolute atomic E-state index is 12.1. The van der Waals surface area contributed by atoms with Crippen molar-refractivity contribution in [3.8, 4) is 0 Å². The lowest BCUT2D eigenvalue weighted by molar-refractivity contribution is -0.0950. The molecule has 126 valence electrons. The summed E-state index contributed by atoms with van der Waals surface area (Å²) in [6.07, 6.45) is 0.418. The number of nitrogens with one attached hydrogen (secondary N) is 1. The lowest BCUT2D eigenvalue weighted by Crippen LogP contribution is -2.73. The Bertz CT molecular complexity index is 559. The van der Waals surface area contributed by atoms with Gasteiger partial charge in [0, 0.05) is 13.1 Å². The molecule has 3 heterocycles. The van der Waals surface area contributed by atoms with Crippen molar-refractivity contribution < 1.29 is 22.7 Å². The lowest BCUT2D eigenvalue weighted by atomic mass is 9.95. The number of morpholine rings is 1. The predicted octanol–water partition coefficient (Wildman–Crippen LogP) is 0.153. The van der Waals surface area contributed by atoms with Crippen molar-refractivity contribution in [1.82, 2.24) is 10.2 Å². The molecule has 1 atom stereocenters. The molecular formula is C14H24N2O5S. The Morgan fingerprint density at radius 3 is 2.50 bits per heavy atom. The number of hydrogen-bond acceptors (Lipinski definition) is 6. The van der Waals surface area contributed by atoms with Gasteiger partial charge in [0.2, 0.25) is 0 Å². The zero-order valence-electron chi connectivity index (χ0n) is 13.3. The topological polar surface area (TPSA) is 84.9 Å². The first-order valence-corrected chi connectivity index (χ1v) is 9.42. The molecule has 1 N–H and O–H groups in total. The van der Waals surface area contributed by atoms with E-state index in [0.29, 0.717) is 26.2 Å². The van der Waals surface area contributed by atoms with Crippen molar-refractivity contribution in [2.75, 3.05) is 37.7 Å². The molecule has 3 aliphatic heterocycles. The second-order valence-electron chi connectivity index (χ2n) is 7.79. The fourth-order valence-electron chi connectivity index (χ4n) is 3.32. The Morgan fingerprint density at radius 2 is 2.00 bits per heavy atom. The molecule has 3 saturated heterocycles. The minimum absolute atomic E-state index is 0.145. The van der Waals surface area contributed by atoms with Gasteiger partial charge in [0.15, 0.2) is 9.84 Å². The first kappa shape index (κ1) is 16.0. The highest BCUT2D eigenvalue weighted by Gasteiger charge is 2.55. The standard InChI is InChI=1S/C14H24N2O5S/c1-12(2,3)21-11(17)16-5-4-14(7-16)6-15-13(8-20-14)9-22(18,19)10-13/h15H,4-10H2,1-3H3/t14-/m0/s1. The second kappa shape index (κ2) is 4.82. The summed E-state index contributed by atoms with van der Waals surface area (Å²) >= 11 is 0.